The van der Waals surface area contributed by atoms with Crippen molar-refractivity contribution in [2.24, 2.45) is 0 Å². The summed E-state index contributed by atoms with van der Waals surface area (Å²) in [5.74, 6) is 0.624. The van der Waals surface area contributed by atoms with Gasteiger partial charge in [0.05, 0.1) is 30.1 Å². The van der Waals surface area contributed by atoms with Crippen molar-refractivity contribution in [1.82, 2.24) is 19.8 Å². The molecular formula is C25H26N4O4. The van der Waals surface area contributed by atoms with Crippen molar-refractivity contribution in [3.8, 4) is 5.75 Å². The standard InChI is InChI=1S/C25H26N4O4/c1-28(15-21-26-19-5-3-4-6-20(19)27-21)22(30)13-25(16-7-11-18(33-2)12-8-16)14-23(31)29(24(25)32)17-9-10-17/h3-8,11-12,17H,9-10,13-15H2,1-2H3,(H,26,27)/t25-/m0/s1. The molecule has 1 N–H and O–H groups in total. The highest BCUT2D eigenvalue weighted by molar-refractivity contribution is 6.11. The van der Waals surface area contributed by atoms with E-state index in [9.17, 15) is 14.4 Å². The second-order valence-corrected chi connectivity index (χ2v) is 8.91. The SMILES string of the molecule is COc1ccc([C@]2(CC(=O)N(C)Cc3nc4ccccc4[nH]3)CC(=O)N(C3CC3)C2=O)cc1. The summed E-state index contributed by atoms with van der Waals surface area (Å²) in [4.78, 5) is 50.5. The van der Waals surface area contributed by atoms with E-state index in [1.807, 2.05) is 24.3 Å². The normalized spacial score (nSPS) is 20.5. The predicted octanol–water partition coefficient (Wildman–Crippen LogP) is 2.78. The smallest absolute Gasteiger partial charge is 0.241 e. The van der Waals surface area contributed by atoms with Gasteiger partial charge in [0, 0.05) is 25.9 Å². The van der Waals surface area contributed by atoms with Gasteiger partial charge >= 0.3 is 0 Å². The molecule has 0 unspecified atom stereocenters. The van der Waals surface area contributed by atoms with Gasteiger partial charge in [-0.25, -0.2) is 4.98 Å². The Morgan fingerprint density at radius 3 is 2.58 bits per heavy atom. The number of carbonyl (C=O) groups is 3. The Balaban J connectivity index is 1.42. The lowest BCUT2D eigenvalue weighted by atomic mass is 9.75. The molecule has 1 saturated carbocycles. The van der Waals surface area contributed by atoms with Crippen LogP contribution in [0.25, 0.3) is 11.0 Å². The number of nitrogens with zero attached hydrogens (tertiary/aromatic N) is 3. The first-order valence-corrected chi connectivity index (χ1v) is 11.1. The highest BCUT2D eigenvalue weighted by atomic mass is 16.5. The first-order chi connectivity index (χ1) is 15.9. The van der Waals surface area contributed by atoms with E-state index in [-0.39, 0.29) is 43.1 Å². The molecule has 1 aliphatic carbocycles. The summed E-state index contributed by atoms with van der Waals surface area (Å²) < 4.78 is 5.24. The summed E-state index contributed by atoms with van der Waals surface area (Å²) >= 11 is 0. The Hall–Kier alpha value is -3.68. The fourth-order valence-corrected chi connectivity index (χ4v) is 4.63. The molecule has 1 aliphatic heterocycles. The zero-order valence-electron chi connectivity index (χ0n) is 18.7. The van der Waals surface area contributed by atoms with Crippen LogP contribution in [0.1, 0.15) is 37.1 Å². The lowest BCUT2D eigenvalue weighted by Gasteiger charge is -2.29. The number of para-hydroxylation sites is 2. The van der Waals surface area contributed by atoms with Gasteiger partial charge in [0.25, 0.3) is 0 Å². The monoisotopic (exact) mass is 446 g/mol. The number of aromatic amines is 1. The highest BCUT2D eigenvalue weighted by Crippen LogP contribution is 2.44. The number of amides is 3. The molecule has 1 atom stereocenters. The number of H-pyrrole nitrogens is 1. The first-order valence-electron chi connectivity index (χ1n) is 11.1. The molecule has 3 amide bonds. The van der Waals surface area contributed by atoms with Crippen LogP contribution >= 0.6 is 0 Å². The number of fused-ring (bicyclic) bond motifs is 1. The second-order valence-electron chi connectivity index (χ2n) is 8.91. The molecule has 8 heteroatoms. The lowest BCUT2D eigenvalue weighted by Crippen LogP contribution is -2.43. The minimum absolute atomic E-state index is 0.00111. The number of rotatable bonds is 7. The number of hydrogen-bond donors (Lipinski definition) is 1. The molecule has 2 aromatic carbocycles. The predicted molar refractivity (Wildman–Crippen MR) is 121 cm³/mol. The average Bonchev–Trinajstić information content (AvgIpc) is 3.50. The van der Waals surface area contributed by atoms with Crippen LogP contribution in [0, 0.1) is 0 Å². The van der Waals surface area contributed by atoms with E-state index in [2.05, 4.69) is 9.97 Å². The Morgan fingerprint density at radius 2 is 1.91 bits per heavy atom. The van der Waals surface area contributed by atoms with E-state index in [0.29, 0.717) is 17.1 Å². The van der Waals surface area contributed by atoms with Crippen LogP contribution in [0.2, 0.25) is 0 Å². The first kappa shape index (κ1) is 21.2. The molecule has 2 aliphatic rings. The molecule has 0 spiro atoms. The molecular weight excluding hydrogens is 420 g/mol. The zero-order chi connectivity index (χ0) is 23.2. The van der Waals surface area contributed by atoms with E-state index in [1.165, 1.54) is 4.90 Å². The molecule has 5 rings (SSSR count). The van der Waals surface area contributed by atoms with Gasteiger partial charge in [-0.15, -0.1) is 0 Å². The third-order valence-corrected chi connectivity index (χ3v) is 6.61. The quantitative estimate of drug-likeness (QED) is 0.563. The van der Waals surface area contributed by atoms with Gasteiger partial charge in [0.2, 0.25) is 17.7 Å². The highest BCUT2D eigenvalue weighted by Gasteiger charge is 2.57. The number of carbonyl (C=O) groups excluding carboxylic acids is 3. The van der Waals surface area contributed by atoms with Gasteiger partial charge in [0.1, 0.15) is 11.6 Å². The van der Waals surface area contributed by atoms with E-state index in [1.54, 1.807) is 43.3 Å². The number of nitrogens with one attached hydrogen (secondary N) is 1. The van der Waals surface area contributed by atoms with Crippen LogP contribution in [0.15, 0.2) is 48.5 Å². The average molecular weight is 447 g/mol. The van der Waals surface area contributed by atoms with Crippen LogP contribution in [-0.4, -0.2) is 57.7 Å². The van der Waals surface area contributed by atoms with Crippen LogP contribution in [-0.2, 0) is 26.3 Å². The van der Waals surface area contributed by atoms with Crippen molar-refractivity contribution in [2.45, 2.75) is 43.7 Å². The Bertz CT molecular complexity index is 1200. The second kappa shape index (κ2) is 8.03. The molecule has 0 bridgehead atoms. The maximum atomic E-state index is 13.6. The number of ether oxygens (including phenoxy) is 1. The molecule has 2 heterocycles. The number of likely N-dealkylation sites (tertiary alicyclic amines) is 1. The van der Waals surface area contributed by atoms with Gasteiger partial charge in [-0.3, -0.25) is 19.3 Å². The van der Waals surface area contributed by atoms with E-state index in [4.69, 9.17) is 4.74 Å². The van der Waals surface area contributed by atoms with E-state index >= 15 is 0 Å². The Labute approximate surface area is 191 Å². The molecule has 3 aromatic rings. The van der Waals surface area contributed by atoms with Crippen molar-refractivity contribution in [3.63, 3.8) is 0 Å². The summed E-state index contributed by atoms with van der Waals surface area (Å²) in [5, 5.41) is 0. The Morgan fingerprint density at radius 1 is 1.18 bits per heavy atom. The molecule has 1 saturated heterocycles. The summed E-state index contributed by atoms with van der Waals surface area (Å²) in [5.41, 5.74) is 1.19. The maximum absolute atomic E-state index is 13.6. The van der Waals surface area contributed by atoms with Gasteiger partial charge in [-0.05, 0) is 42.7 Å². The van der Waals surface area contributed by atoms with Crippen molar-refractivity contribution >= 4 is 28.8 Å². The topological polar surface area (TPSA) is 95.6 Å². The fourth-order valence-electron chi connectivity index (χ4n) is 4.63. The van der Waals surface area contributed by atoms with Gasteiger partial charge < -0.3 is 14.6 Å². The molecule has 2 fully saturated rings. The number of benzene rings is 2. The van der Waals surface area contributed by atoms with Crippen LogP contribution in [0.4, 0.5) is 0 Å². The molecule has 0 radical (unpaired) electrons. The minimum Gasteiger partial charge on any atom is -0.497 e. The molecule has 170 valence electrons. The zero-order valence-corrected chi connectivity index (χ0v) is 18.7. The summed E-state index contributed by atoms with van der Waals surface area (Å²) in [6, 6.07) is 14.7. The minimum atomic E-state index is -1.20. The van der Waals surface area contributed by atoms with Gasteiger partial charge in [-0.2, -0.15) is 0 Å². The largest absolute Gasteiger partial charge is 0.497 e. The number of methoxy groups -OCH3 is 1. The third-order valence-electron chi connectivity index (χ3n) is 6.61. The van der Waals surface area contributed by atoms with Crippen LogP contribution in [0.5, 0.6) is 5.75 Å². The van der Waals surface area contributed by atoms with E-state index < -0.39 is 5.41 Å². The van der Waals surface area contributed by atoms with Crippen molar-refractivity contribution in [3.05, 3.63) is 59.9 Å². The summed E-state index contributed by atoms with van der Waals surface area (Å²) in [6.45, 7) is 0.278. The van der Waals surface area contributed by atoms with Crippen LogP contribution < -0.4 is 4.74 Å². The third kappa shape index (κ3) is 3.75. The molecule has 8 nitrogen and oxygen atoms in total. The van der Waals surface area contributed by atoms with Gasteiger partial charge in [0.15, 0.2) is 0 Å². The van der Waals surface area contributed by atoms with Crippen molar-refractivity contribution < 1.29 is 19.1 Å². The van der Waals surface area contributed by atoms with Gasteiger partial charge in [-0.1, -0.05) is 24.3 Å². The Kier molecular flexibility index (Phi) is 5.15. The van der Waals surface area contributed by atoms with Crippen molar-refractivity contribution in [1.29, 1.82) is 0 Å². The number of aromatic nitrogens is 2. The number of imide groups is 1. The van der Waals surface area contributed by atoms with E-state index in [0.717, 1.165) is 23.9 Å². The maximum Gasteiger partial charge on any atom is 0.241 e. The summed E-state index contributed by atoms with van der Waals surface area (Å²) in [6.07, 6.45) is 1.58. The summed E-state index contributed by atoms with van der Waals surface area (Å²) in [7, 11) is 3.26. The lowest BCUT2D eigenvalue weighted by molar-refractivity contribution is -0.143. The number of imidazole rings is 1. The molecule has 33 heavy (non-hydrogen) atoms. The molecule has 1 aromatic heterocycles. The van der Waals surface area contributed by atoms with Crippen molar-refractivity contribution in [2.75, 3.05) is 14.2 Å². The number of hydrogen-bond acceptors (Lipinski definition) is 5. The van der Waals surface area contributed by atoms with Crippen LogP contribution in [0.3, 0.4) is 0 Å². The fraction of sp³-hybridized carbons (Fsp3) is 0.360.